The van der Waals surface area contributed by atoms with Crippen molar-refractivity contribution in [3.05, 3.63) is 0 Å². The molecule has 0 aromatic rings. The summed E-state index contributed by atoms with van der Waals surface area (Å²) < 4.78 is 29.0. The number of rotatable bonds is 3. The molecule has 7 nitrogen and oxygen atoms in total. The molecule has 1 rings (SSSR count). The van der Waals surface area contributed by atoms with E-state index in [1.807, 2.05) is 0 Å². The molecule has 9 heteroatoms. The van der Waals surface area contributed by atoms with Gasteiger partial charge in [-0.15, -0.1) is 0 Å². The number of aliphatic carboxylic acids is 2. The number of hydrogen-bond acceptors (Lipinski definition) is 4. The molecular formula is C8H11NaO7S. The molecular weight excluding hydrogens is 263 g/mol. The molecule has 0 spiro atoms. The summed E-state index contributed by atoms with van der Waals surface area (Å²) in [5, 5.41) is 17.9. The van der Waals surface area contributed by atoms with E-state index in [1.165, 1.54) is 0 Å². The third kappa shape index (κ3) is 2.82. The Morgan fingerprint density at radius 1 is 1.24 bits per heavy atom. The predicted molar refractivity (Wildman–Crippen MR) is 56.4 cm³/mol. The van der Waals surface area contributed by atoms with Gasteiger partial charge in [0.05, 0.1) is 0 Å². The Labute approximate surface area is 115 Å². The van der Waals surface area contributed by atoms with Gasteiger partial charge in [0.2, 0.25) is 0 Å². The number of carboxylic acid groups (broad SMARTS) is 2. The van der Waals surface area contributed by atoms with Crippen LogP contribution in [0.25, 0.3) is 0 Å². The zero-order valence-electron chi connectivity index (χ0n) is 9.16. The standard InChI is InChI=1S/C8H11O7S.Na/c9-6(10)5-2-1-3-8(4-5,7(11)12)16(13,14)15;/h1,5H,2-4H2,(H,9,10)(H,11,12)(H,13,14,15);. The van der Waals surface area contributed by atoms with Gasteiger partial charge in [0.1, 0.15) is 0 Å². The summed E-state index contributed by atoms with van der Waals surface area (Å²) in [5.41, 5.74) is 0. The third-order valence-corrected chi connectivity index (χ3v) is 5.55. The van der Waals surface area contributed by atoms with Crippen LogP contribution >= 0.6 is 0 Å². The molecule has 0 amide bonds. The van der Waals surface area contributed by atoms with Crippen LogP contribution in [0.3, 0.4) is 0 Å². The molecule has 0 aromatic heterocycles. The molecule has 1 saturated carbocycles. The van der Waals surface area contributed by atoms with Crippen molar-refractivity contribution in [3.63, 3.8) is 0 Å². The molecule has 0 radical (unpaired) electrons. The van der Waals surface area contributed by atoms with E-state index in [4.69, 9.17) is 14.8 Å². The molecule has 17 heavy (non-hydrogen) atoms. The minimum atomic E-state index is -4.83. The van der Waals surface area contributed by atoms with Gasteiger partial charge in [-0.2, -0.15) is 0 Å². The topological polar surface area (TPSA) is 129 Å². The summed E-state index contributed by atoms with van der Waals surface area (Å²) in [6.45, 7) is 0. The number of hydrogen-bond donors (Lipinski definition) is 3. The van der Waals surface area contributed by atoms with E-state index in [-0.39, 0.29) is 16.0 Å². The van der Waals surface area contributed by atoms with Crippen LogP contribution in [0.1, 0.15) is 19.3 Å². The average molecular weight is 274 g/mol. The van der Waals surface area contributed by atoms with Crippen molar-refractivity contribution in [2.75, 3.05) is 0 Å². The Balaban J connectivity index is 3.23. The first-order valence-corrected chi connectivity index (χ1v) is 7.63. The van der Waals surface area contributed by atoms with E-state index in [2.05, 4.69) is 0 Å². The van der Waals surface area contributed by atoms with Crippen LogP contribution in [0.2, 0.25) is 3.17 Å². The number of carbonyl (C=O) groups is 2. The summed E-state index contributed by atoms with van der Waals surface area (Å²) >= 11 is 0.483. The van der Waals surface area contributed by atoms with Crippen molar-refractivity contribution in [2.45, 2.75) is 27.2 Å². The molecule has 1 fully saturated rings. The van der Waals surface area contributed by atoms with Crippen molar-refractivity contribution in [1.82, 2.24) is 0 Å². The third-order valence-electron chi connectivity index (χ3n) is 3.17. The van der Waals surface area contributed by atoms with Gasteiger partial charge in [-0.05, 0) is 0 Å². The quantitative estimate of drug-likeness (QED) is 0.469. The zero-order chi connectivity index (χ0) is 13.4. The molecule has 3 atom stereocenters. The Morgan fingerprint density at radius 3 is 2.12 bits per heavy atom. The molecule has 0 aliphatic heterocycles. The van der Waals surface area contributed by atoms with E-state index in [0.29, 0.717) is 27.9 Å². The zero-order valence-corrected chi connectivity index (χ0v) is 12.0. The summed E-state index contributed by atoms with van der Waals surface area (Å²) in [5.74, 6) is -3.93. The maximum absolute atomic E-state index is 11.3. The van der Waals surface area contributed by atoms with Gasteiger partial charge in [-0.25, -0.2) is 0 Å². The summed E-state index contributed by atoms with van der Waals surface area (Å²) in [4.78, 5) is 22.0. The van der Waals surface area contributed by atoms with Crippen molar-refractivity contribution >= 4 is 50.0 Å². The van der Waals surface area contributed by atoms with Crippen molar-refractivity contribution in [2.24, 2.45) is 5.92 Å². The van der Waals surface area contributed by atoms with E-state index in [1.54, 1.807) is 0 Å². The molecule has 0 bridgehead atoms. The average Bonchev–Trinajstić information content (AvgIpc) is 2.14. The van der Waals surface area contributed by atoms with Crippen LogP contribution in [-0.2, 0) is 19.7 Å². The second kappa shape index (κ2) is 4.85. The van der Waals surface area contributed by atoms with Crippen molar-refractivity contribution in [3.8, 4) is 0 Å². The van der Waals surface area contributed by atoms with Gasteiger partial charge in [0, 0.05) is 0 Å². The molecule has 0 heterocycles. The molecule has 0 aromatic carbocycles. The van der Waals surface area contributed by atoms with Crippen LogP contribution in [0.4, 0.5) is 0 Å². The molecule has 3 unspecified atom stereocenters. The van der Waals surface area contributed by atoms with Crippen LogP contribution in [0, 0.1) is 5.92 Å². The van der Waals surface area contributed by atoms with Crippen molar-refractivity contribution in [1.29, 1.82) is 0 Å². The van der Waals surface area contributed by atoms with Crippen LogP contribution in [-0.4, -0.2) is 67.8 Å². The molecule has 0 saturated heterocycles. The van der Waals surface area contributed by atoms with Gasteiger partial charge in [0.25, 0.3) is 0 Å². The summed E-state index contributed by atoms with van der Waals surface area (Å²) in [7, 11) is -4.83. The van der Waals surface area contributed by atoms with Gasteiger partial charge in [-0.1, -0.05) is 0 Å². The second-order valence-electron chi connectivity index (χ2n) is 4.56. The van der Waals surface area contributed by atoms with Crippen LogP contribution in [0.5, 0.6) is 0 Å². The minimum absolute atomic E-state index is 0.211. The fraction of sp³-hybridized carbons (Fsp3) is 0.750. The second-order valence-corrected chi connectivity index (χ2v) is 7.92. The Hall–Kier alpha value is -0.150. The Bertz CT molecular complexity index is 445. The first-order valence-electron chi connectivity index (χ1n) is 5.03. The van der Waals surface area contributed by atoms with E-state index >= 15 is 0 Å². The molecule has 1 aliphatic carbocycles. The van der Waals surface area contributed by atoms with Gasteiger partial charge in [0.15, 0.2) is 0 Å². The predicted octanol–water partition coefficient (Wildman–Crippen LogP) is -0.461. The normalized spacial score (nSPS) is 34.3. The van der Waals surface area contributed by atoms with E-state index in [0.717, 1.165) is 0 Å². The molecule has 1 aliphatic rings. The fourth-order valence-corrected chi connectivity index (χ4v) is 5.07. The monoisotopic (exact) mass is 274 g/mol. The molecule has 92 valence electrons. The van der Waals surface area contributed by atoms with Gasteiger partial charge < -0.3 is 0 Å². The van der Waals surface area contributed by atoms with E-state index in [9.17, 15) is 18.0 Å². The Kier molecular flexibility index (Phi) is 4.25. The van der Waals surface area contributed by atoms with E-state index < -0.39 is 39.1 Å². The first-order chi connectivity index (χ1) is 7.60. The molecule has 3 N–H and O–H groups in total. The Morgan fingerprint density at radius 2 is 1.76 bits per heavy atom. The fourth-order valence-electron chi connectivity index (χ4n) is 2.38. The first kappa shape index (κ1) is 14.9. The number of carboxylic acids is 2. The maximum atomic E-state index is 11.3. The van der Waals surface area contributed by atoms with Crippen molar-refractivity contribution < 1.29 is 32.8 Å². The summed E-state index contributed by atoms with van der Waals surface area (Å²) in [6.07, 6.45) is -0.515. The van der Waals surface area contributed by atoms with Crippen LogP contribution in [0.15, 0.2) is 0 Å². The van der Waals surface area contributed by atoms with Gasteiger partial charge in [-0.3, -0.25) is 0 Å². The van der Waals surface area contributed by atoms with Gasteiger partial charge >= 0.3 is 116 Å². The SMILES string of the molecule is O=C(O)C1C[CH]([Na])CC(C(=O)O)(S(=O)(=O)O)C1. The van der Waals surface area contributed by atoms with Crippen LogP contribution < -0.4 is 0 Å². The summed E-state index contributed by atoms with van der Waals surface area (Å²) in [6, 6.07) is 0.